The SMILES string of the molecule is Cc1ccc(NC(=O)C(C)Sc2cccc(NC(=O)Cc3ccccc3)c2)cc1Cl. The van der Waals surface area contributed by atoms with Crippen LogP contribution in [0.15, 0.2) is 77.7 Å². The molecule has 0 radical (unpaired) electrons. The van der Waals surface area contributed by atoms with Crippen molar-refractivity contribution in [3.05, 3.63) is 88.9 Å². The largest absolute Gasteiger partial charge is 0.326 e. The van der Waals surface area contributed by atoms with Gasteiger partial charge in [0.2, 0.25) is 11.8 Å². The lowest BCUT2D eigenvalue weighted by molar-refractivity contribution is -0.116. The Bertz CT molecular complexity index is 1040. The highest BCUT2D eigenvalue weighted by Crippen LogP contribution is 2.27. The molecule has 0 aliphatic rings. The van der Waals surface area contributed by atoms with E-state index in [0.717, 1.165) is 16.0 Å². The number of rotatable bonds is 7. The van der Waals surface area contributed by atoms with Gasteiger partial charge in [0, 0.05) is 21.3 Å². The van der Waals surface area contributed by atoms with E-state index in [4.69, 9.17) is 11.6 Å². The highest BCUT2D eigenvalue weighted by Gasteiger charge is 2.15. The van der Waals surface area contributed by atoms with Crippen LogP contribution in [-0.2, 0) is 16.0 Å². The number of carbonyl (C=O) groups excluding carboxylic acids is 2. The first-order valence-electron chi connectivity index (χ1n) is 9.58. The van der Waals surface area contributed by atoms with Gasteiger partial charge < -0.3 is 10.6 Å². The third-order valence-electron chi connectivity index (χ3n) is 4.45. The van der Waals surface area contributed by atoms with Crippen molar-refractivity contribution in [2.45, 2.75) is 30.4 Å². The number of amides is 2. The first-order chi connectivity index (χ1) is 14.4. The maximum Gasteiger partial charge on any atom is 0.237 e. The molecule has 3 rings (SSSR count). The molecule has 1 unspecified atom stereocenters. The van der Waals surface area contributed by atoms with Gasteiger partial charge in [-0.1, -0.05) is 54.1 Å². The molecule has 2 N–H and O–H groups in total. The van der Waals surface area contributed by atoms with Crippen molar-refractivity contribution < 1.29 is 9.59 Å². The Labute approximate surface area is 186 Å². The van der Waals surface area contributed by atoms with Gasteiger partial charge in [-0.3, -0.25) is 9.59 Å². The predicted octanol–water partition coefficient (Wildman–Crippen LogP) is 5.95. The molecule has 0 heterocycles. The van der Waals surface area contributed by atoms with Crippen LogP contribution in [0.5, 0.6) is 0 Å². The number of hydrogen-bond acceptors (Lipinski definition) is 3. The number of anilines is 2. The summed E-state index contributed by atoms with van der Waals surface area (Å²) in [4.78, 5) is 25.7. The molecule has 0 aliphatic heterocycles. The summed E-state index contributed by atoms with van der Waals surface area (Å²) >= 11 is 7.55. The number of thioether (sulfide) groups is 1. The summed E-state index contributed by atoms with van der Waals surface area (Å²) in [6.07, 6.45) is 0.316. The van der Waals surface area contributed by atoms with Crippen molar-refractivity contribution in [1.29, 1.82) is 0 Å². The van der Waals surface area contributed by atoms with Gasteiger partial charge in [-0.15, -0.1) is 11.8 Å². The molecule has 0 aliphatic carbocycles. The van der Waals surface area contributed by atoms with E-state index in [1.165, 1.54) is 11.8 Å². The molecular formula is C24H23ClN2O2S. The fourth-order valence-corrected chi connectivity index (χ4v) is 3.91. The summed E-state index contributed by atoms with van der Waals surface area (Å²) in [5.41, 5.74) is 3.30. The molecule has 6 heteroatoms. The molecule has 4 nitrogen and oxygen atoms in total. The number of halogens is 1. The molecule has 30 heavy (non-hydrogen) atoms. The molecule has 0 fully saturated rings. The molecule has 3 aromatic rings. The first-order valence-corrected chi connectivity index (χ1v) is 10.8. The summed E-state index contributed by atoms with van der Waals surface area (Å²) in [6, 6.07) is 22.5. The fourth-order valence-electron chi connectivity index (χ4n) is 2.81. The van der Waals surface area contributed by atoms with Crippen LogP contribution in [0.2, 0.25) is 5.02 Å². The summed E-state index contributed by atoms with van der Waals surface area (Å²) in [7, 11) is 0. The van der Waals surface area contributed by atoms with Crippen molar-refractivity contribution in [2.24, 2.45) is 0 Å². The second kappa shape index (κ2) is 10.3. The van der Waals surface area contributed by atoms with Crippen LogP contribution in [0, 0.1) is 6.92 Å². The minimum atomic E-state index is -0.319. The topological polar surface area (TPSA) is 58.2 Å². The second-order valence-electron chi connectivity index (χ2n) is 6.95. The maximum absolute atomic E-state index is 12.5. The van der Waals surface area contributed by atoms with Crippen LogP contribution < -0.4 is 10.6 Å². The van der Waals surface area contributed by atoms with Gasteiger partial charge >= 0.3 is 0 Å². The van der Waals surface area contributed by atoms with Gasteiger partial charge in [-0.2, -0.15) is 0 Å². The van der Waals surface area contributed by atoms with Crippen molar-refractivity contribution in [3.8, 4) is 0 Å². The average Bonchev–Trinajstić information content (AvgIpc) is 2.71. The smallest absolute Gasteiger partial charge is 0.237 e. The van der Waals surface area contributed by atoms with E-state index in [-0.39, 0.29) is 17.1 Å². The summed E-state index contributed by atoms with van der Waals surface area (Å²) in [5.74, 6) is -0.191. The van der Waals surface area contributed by atoms with Crippen LogP contribution >= 0.6 is 23.4 Å². The minimum Gasteiger partial charge on any atom is -0.326 e. The Morgan fingerprint density at radius 3 is 2.40 bits per heavy atom. The van der Waals surface area contributed by atoms with Crippen LogP contribution in [0.1, 0.15) is 18.1 Å². The zero-order valence-corrected chi connectivity index (χ0v) is 18.4. The normalized spacial score (nSPS) is 11.6. The third kappa shape index (κ3) is 6.37. The van der Waals surface area contributed by atoms with Gasteiger partial charge in [0.1, 0.15) is 0 Å². The van der Waals surface area contributed by atoms with Crippen LogP contribution in [-0.4, -0.2) is 17.1 Å². The van der Waals surface area contributed by atoms with Crippen molar-refractivity contribution in [3.63, 3.8) is 0 Å². The molecule has 2 amide bonds. The Morgan fingerprint density at radius 2 is 1.67 bits per heavy atom. The lowest BCUT2D eigenvalue weighted by Crippen LogP contribution is -2.22. The molecular weight excluding hydrogens is 416 g/mol. The number of aryl methyl sites for hydroxylation is 1. The van der Waals surface area contributed by atoms with Gasteiger partial charge in [0.25, 0.3) is 0 Å². The van der Waals surface area contributed by atoms with Gasteiger partial charge in [-0.25, -0.2) is 0 Å². The fraction of sp³-hybridized carbons (Fsp3) is 0.167. The van der Waals surface area contributed by atoms with Crippen LogP contribution in [0.4, 0.5) is 11.4 Å². The van der Waals surface area contributed by atoms with Crippen molar-refractivity contribution in [1.82, 2.24) is 0 Å². The first kappa shape index (κ1) is 21.9. The molecule has 0 bridgehead atoms. The van der Waals surface area contributed by atoms with E-state index in [1.807, 2.05) is 80.6 Å². The van der Waals surface area contributed by atoms with Gasteiger partial charge in [0.05, 0.1) is 11.7 Å². The predicted molar refractivity (Wildman–Crippen MR) is 125 cm³/mol. The number of benzene rings is 3. The van der Waals surface area contributed by atoms with E-state index < -0.39 is 0 Å². The van der Waals surface area contributed by atoms with E-state index in [9.17, 15) is 9.59 Å². The summed E-state index contributed by atoms with van der Waals surface area (Å²) < 4.78 is 0. The third-order valence-corrected chi connectivity index (χ3v) is 5.95. The molecule has 0 saturated carbocycles. The lowest BCUT2D eigenvalue weighted by Gasteiger charge is -2.13. The van der Waals surface area contributed by atoms with Gasteiger partial charge in [-0.05, 0) is 55.3 Å². The quantitative estimate of drug-likeness (QED) is 0.448. The summed E-state index contributed by atoms with van der Waals surface area (Å²) in [6.45, 7) is 3.76. The minimum absolute atomic E-state index is 0.0783. The Kier molecular flexibility index (Phi) is 7.55. The van der Waals surface area contributed by atoms with Crippen LogP contribution in [0.25, 0.3) is 0 Å². The highest BCUT2D eigenvalue weighted by molar-refractivity contribution is 8.00. The standard InChI is InChI=1S/C24H23ClN2O2S/c1-16-11-12-20(15-22(16)25)27-24(29)17(2)30-21-10-6-9-19(14-21)26-23(28)13-18-7-4-3-5-8-18/h3-12,14-15,17H,13H2,1-2H3,(H,26,28)(H,27,29). The average molecular weight is 439 g/mol. The lowest BCUT2D eigenvalue weighted by atomic mass is 10.1. The molecule has 3 aromatic carbocycles. The summed E-state index contributed by atoms with van der Waals surface area (Å²) in [5, 5.41) is 6.11. The molecule has 0 saturated heterocycles. The Balaban J connectivity index is 1.57. The van der Waals surface area contributed by atoms with E-state index in [0.29, 0.717) is 22.8 Å². The molecule has 0 spiro atoms. The maximum atomic E-state index is 12.5. The number of hydrogen-bond donors (Lipinski definition) is 2. The Hall–Kier alpha value is -2.76. The van der Waals surface area contributed by atoms with E-state index in [2.05, 4.69) is 10.6 Å². The molecule has 0 aromatic heterocycles. The van der Waals surface area contributed by atoms with E-state index >= 15 is 0 Å². The monoisotopic (exact) mass is 438 g/mol. The highest BCUT2D eigenvalue weighted by atomic mass is 35.5. The number of nitrogens with one attached hydrogen (secondary N) is 2. The van der Waals surface area contributed by atoms with E-state index in [1.54, 1.807) is 6.07 Å². The zero-order chi connectivity index (χ0) is 21.5. The van der Waals surface area contributed by atoms with Crippen molar-refractivity contribution >= 4 is 46.6 Å². The Morgan fingerprint density at radius 1 is 0.933 bits per heavy atom. The molecule has 1 atom stereocenters. The van der Waals surface area contributed by atoms with Gasteiger partial charge in [0.15, 0.2) is 0 Å². The number of carbonyl (C=O) groups is 2. The molecule has 154 valence electrons. The zero-order valence-electron chi connectivity index (χ0n) is 16.8. The second-order valence-corrected chi connectivity index (χ2v) is 8.77. The van der Waals surface area contributed by atoms with Crippen LogP contribution in [0.3, 0.4) is 0 Å². The van der Waals surface area contributed by atoms with Crippen molar-refractivity contribution in [2.75, 3.05) is 10.6 Å².